The van der Waals surface area contributed by atoms with E-state index in [1.165, 1.54) is 0 Å². The lowest BCUT2D eigenvalue weighted by Crippen LogP contribution is -1.88. The summed E-state index contributed by atoms with van der Waals surface area (Å²) in [7, 11) is 0. The molecule has 0 unspecified atom stereocenters. The Kier molecular flexibility index (Phi) is 3.77. The lowest BCUT2D eigenvalue weighted by Gasteiger charge is -2.01. The molecule has 1 aromatic heterocycles. The maximum atomic E-state index is 5.90. The summed E-state index contributed by atoms with van der Waals surface area (Å²) in [6.45, 7) is 1.93. The van der Waals surface area contributed by atoms with Crippen molar-refractivity contribution in [3.63, 3.8) is 0 Å². The quantitative estimate of drug-likeness (QED) is 0.846. The fourth-order valence-electron chi connectivity index (χ4n) is 1.46. The Labute approximate surface area is 103 Å². The number of anilines is 1. The summed E-state index contributed by atoms with van der Waals surface area (Å²) in [5.74, 6) is 0.504. The van der Waals surface area contributed by atoms with Crippen LogP contribution in [0.5, 0.6) is 0 Å². The average molecular weight is 289 g/mol. The SMILES string of the molecule is Br.Cc1[nH]nc(N)c1-c1cccc(Cl)c1. The fourth-order valence-corrected chi connectivity index (χ4v) is 1.65. The molecular weight excluding hydrogens is 277 g/mol. The minimum Gasteiger partial charge on any atom is -0.382 e. The second-order valence-corrected chi connectivity index (χ2v) is 3.56. The molecule has 1 aromatic carbocycles. The zero-order valence-corrected chi connectivity index (χ0v) is 10.6. The first-order chi connectivity index (χ1) is 6.68. The van der Waals surface area contributed by atoms with Gasteiger partial charge in [-0.1, -0.05) is 23.7 Å². The number of aromatic amines is 1. The number of nitrogens with zero attached hydrogens (tertiary/aromatic N) is 1. The molecule has 0 saturated heterocycles. The van der Waals surface area contributed by atoms with Crippen molar-refractivity contribution in [3.05, 3.63) is 35.0 Å². The van der Waals surface area contributed by atoms with Crippen LogP contribution < -0.4 is 5.73 Å². The van der Waals surface area contributed by atoms with Gasteiger partial charge in [-0.15, -0.1) is 17.0 Å². The molecule has 2 rings (SSSR count). The standard InChI is InChI=1S/C10H10ClN3.BrH/c1-6-9(10(12)14-13-6)7-3-2-4-8(11)5-7;/h2-5H,1H3,(H3,12,13,14);1H. The number of nitrogens with two attached hydrogens (primary N) is 1. The van der Waals surface area contributed by atoms with Crippen LogP contribution in [0.25, 0.3) is 11.1 Å². The van der Waals surface area contributed by atoms with Crippen molar-refractivity contribution in [2.45, 2.75) is 6.92 Å². The first kappa shape index (κ1) is 12.1. The number of benzene rings is 1. The van der Waals surface area contributed by atoms with Crippen molar-refractivity contribution in [1.29, 1.82) is 0 Å². The maximum Gasteiger partial charge on any atom is 0.153 e. The van der Waals surface area contributed by atoms with Crippen LogP contribution in [0, 0.1) is 6.92 Å². The van der Waals surface area contributed by atoms with Gasteiger partial charge >= 0.3 is 0 Å². The molecule has 80 valence electrons. The molecule has 0 spiro atoms. The van der Waals surface area contributed by atoms with Crippen molar-refractivity contribution in [1.82, 2.24) is 10.2 Å². The Morgan fingerprint density at radius 1 is 1.40 bits per heavy atom. The summed E-state index contributed by atoms with van der Waals surface area (Å²) in [5.41, 5.74) is 8.60. The lowest BCUT2D eigenvalue weighted by atomic mass is 10.1. The molecule has 0 atom stereocenters. The summed E-state index contributed by atoms with van der Waals surface area (Å²) >= 11 is 5.90. The molecule has 0 saturated carbocycles. The third kappa shape index (κ3) is 2.33. The molecule has 0 bridgehead atoms. The first-order valence-corrected chi connectivity index (χ1v) is 4.62. The van der Waals surface area contributed by atoms with E-state index < -0.39 is 0 Å². The topological polar surface area (TPSA) is 54.7 Å². The van der Waals surface area contributed by atoms with E-state index in [1.54, 1.807) is 0 Å². The Morgan fingerprint density at radius 2 is 2.13 bits per heavy atom. The van der Waals surface area contributed by atoms with Crippen molar-refractivity contribution >= 4 is 34.4 Å². The van der Waals surface area contributed by atoms with Gasteiger partial charge in [-0.2, -0.15) is 5.10 Å². The van der Waals surface area contributed by atoms with Gasteiger partial charge in [-0.05, 0) is 24.6 Å². The van der Waals surface area contributed by atoms with Gasteiger partial charge in [0.2, 0.25) is 0 Å². The predicted octanol–water partition coefficient (Wildman–Crippen LogP) is 3.20. The summed E-state index contributed by atoms with van der Waals surface area (Å²) in [4.78, 5) is 0. The van der Waals surface area contributed by atoms with Crippen LogP contribution in [0.3, 0.4) is 0 Å². The molecule has 5 heteroatoms. The van der Waals surface area contributed by atoms with Gasteiger partial charge in [-0.25, -0.2) is 0 Å². The van der Waals surface area contributed by atoms with Gasteiger partial charge in [0.05, 0.1) is 0 Å². The Bertz CT molecular complexity index is 448. The summed E-state index contributed by atoms with van der Waals surface area (Å²) in [5, 5.41) is 7.47. The summed E-state index contributed by atoms with van der Waals surface area (Å²) in [6, 6.07) is 7.55. The van der Waals surface area contributed by atoms with Crippen LogP contribution in [0.1, 0.15) is 5.69 Å². The smallest absolute Gasteiger partial charge is 0.153 e. The number of nitrogens with one attached hydrogen (secondary N) is 1. The van der Waals surface area contributed by atoms with E-state index in [2.05, 4.69) is 10.2 Å². The third-order valence-corrected chi connectivity index (χ3v) is 2.32. The van der Waals surface area contributed by atoms with E-state index in [9.17, 15) is 0 Å². The molecule has 15 heavy (non-hydrogen) atoms. The Balaban J connectivity index is 0.00000112. The highest BCUT2D eigenvalue weighted by molar-refractivity contribution is 8.93. The molecule has 0 aliphatic heterocycles. The lowest BCUT2D eigenvalue weighted by molar-refractivity contribution is 1.05. The molecule has 3 nitrogen and oxygen atoms in total. The van der Waals surface area contributed by atoms with Crippen molar-refractivity contribution in [2.75, 3.05) is 5.73 Å². The third-order valence-electron chi connectivity index (χ3n) is 2.09. The van der Waals surface area contributed by atoms with E-state index >= 15 is 0 Å². The minimum atomic E-state index is 0. The number of aryl methyl sites for hydroxylation is 1. The monoisotopic (exact) mass is 287 g/mol. The van der Waals surface area contributed by atoms with Gasteiger partial charge in [0.1, 0.15) is 0 Å². The number of rotatable bonds is 1. The van der Waals surface area contributed by atoms with Gasteiger partial charge < -0.3 is 5.73 Å². The van der Waals surface area contributed by atoms with E-state index in [4.69, 9.17) is 17.3 Å². The van der Waals surface area contributed by atoms with E-state index in [0.717, 1.165) is 16.8 Å². The van der Waals surface area contributed by atoms with Crippen molar-refractivity contribution in [2.24, 2.45) is 0 Å². The van der Waals surface area contributed by atoms with Crippen LogP contribution in [0.4, 0.5) is 5.82 Å². The van der Waals surface area contributed by atoms with Crippen LogP contribution in [0.2, 0.25) is 5.02 Å². The highest BCUT2D eigenvalue weighted by atomic mass is 79.9. The average Bonchev–Trinajstić information content (AvgIpc) is 2.46. The molecule has 1 heterocycles. The van der Waals surface area contributed by atoms with E-state index in [1.807, 2.05) is 31.2 Å². The molecular formula is C10H11BrClN3. The maximum absolute atomic E-state index is 5.90. The van der Waals surface area contributed by atoms with Gasteiger partial charge in [0, 0.05) is 16.3 Å². The van der Waals surface area contributed by atoms with Gasteiger partial charge in [-0.3, -0.25) is 5.10 Å². The highest BCUT2D eigenvalue weighted by Crippen LogP contribution is 2.28. The number of aromatic nitrogens is 2. The molecule has 0 aliphatic rings. The second-order valence-electron chi connectivity index (χ2n) is 3.12. The summed E-state index contributed by atoms with van der Waals surface area (Å²) in [6.07, 6.45) is 0. The summed E-state index contributed by atoms with van der Waals surface area (Å²) < 4.78 is 0. The van der Waals surface area contributed by atoms with Crippen LogP contribution >= 0.6 is 28.6 Å². The normalized spacial score (nSPS) is 9.73. The van der Waals surface area contributed by atoms with Crippen LogP contribution in [-0.4, -0.2) is 10.2 Å². The number of halogens is 2. The minimum absolute atomic E-state index is 0. The molecule has 0 radical (unpaired) electrons. The highest BCUT2D eigenvalue weighted by Gasteiger charge is 2.09. The Morgan fingerprint density at radius 3 is 2.67 bits per heavy atom. The predicted molar refractivity (Wildman–Crippen MR) is 68.5 cm³/mol. The van der Waals surface area contributed by atoms with Crippen LogP contribution in [-0.2, 0) is 0 Å². The van der Waals surface area contributed by atoms with Crippen molar-refractivity contribution < 1.29 is 0 Å². The number of hydrogen-bond donors (Lipinski definition) is 2. The van der Waals surface area contributed by atoms with E-state index in [-0.39, 0.29) is 17.0 Å². The largest absolute Gasteiger partial charge is 0.382 e. The molecule has 0 fully saturated rings. The molecule has 3 N–H and O–H groups in total. The number of nitrogen functional groups attached to an aromatic ring is 1. The second kappa shape index (κ2) is 4.68. The van der Waals surface area contributed by atoms with E-state index in [0.29, 0.717) is 10.8 Å². The fraction of sp³-hybridized carbons (Fsp3) is 0.100. The number of hydrogen-bond acceptors (Lipinski definition) is 2. The van der Waals surface area contributed by atoms with Crippen LogP contribution in [0.15, 0.2) is 24.3 Å². The Hall–Kier alpha value is -1.00. The molecule has 0 aliphatic carbocycles. The molecule has 0 amide bonds. The van der Waals surface area contributed by atoms with Gasteiger partial charge in [0.25, 0.3) is 0 Å². The zero-order chi connectivity index (χ0) is 10.1. The zero-order valence-electron chi connectivity index (χ0n) is 8.12. The van der Waals surface area contributed by atoms with Gasteiger partial charge in [0.15, 0.2) is 5.82 Å². The molecule has 2 aromatic rings. The van der Waals surface area contributed by atoms with Crippen molar-refractivity contribution in [3.8, 4) is 11.1 Å². The first-order valence-electron chi connectivity index (χ1n) is 4.25. The number of H-pyrrole nitrogens is 1.